The van der Waals surface area contributed by atoms with Crippen LogP contribution in [0.1, 0.15) is 6.92 Å². The maximum atomic E-state index is 11.5. The molecule has 2 rings (SSSR count). The molecule has 0 bridgehead atoms. The van der Waals surface area contributed by atoms with Crippen LogP contribution in [0.15, 0.2) is 18.2 Å². The lowest BCUT2D eigenvalue weighted by molar-refractivity contribution is -0.146. The molecule has 1 saturated heterocycles. The number of carbonyl (C=O) groups excluding carboxylic acids is 1. The first-order chi connectivity index (χ1) is 10.6. The minimum atomic E-state index is -0.224. The van der Waals surface area contributed by atoms with Gasteiger partial charge in [0.1, 0.15) is 12.7 Å². The Morgan fingerprint density at radius 2 is 2.14 bits per heavy atom. The molecule has 1 aromatic rings. The number of halogens is 2. The van der Waals surface area contributed by atoms with Gasteiger partial charge in [-0.25, -0.2) is 0 Å². The van der Waals surface area contributed by atoms with Crippen molar-refractivity contribution in [3.05, 3.63) is 28.2 Å². The van der Waals surface area contributed by atoms with Gasteiger partial charge < -0.3 is 14.2 Å². The zero-order valence-corrected chi connectivity index (χ0v) is 13.9. The highest BCUT2D eigenvalue weighted by atomic mass is 35.5. The summed E-state index contributed by atoms with van der Waals surface area (Å²) in [4.78, 5) is 13.5. The second kappa shape index (κ2) is 8.58. The van der Waals surface area contributed by atoms with Gasteiger partial charge in [0.25, 0.3) is 0 Å². The average Bonchev–Trinajstić information content (AvgIpc) is 2.47. The molecule has 0 aromatic heterocycles. The quantitative estimate of drug-likeness (QED) is 0.740. The fourth-order valence-electron chi connectivity index (χ4n) is 2.21. The van der Waals surface area contributed by atoms with Crippen LogP contribution in [0.2, 0.25) is 10.0 Å². The van der Waals surface area contributed by atoms with Crippen LogP contribution in [0.25, 0.3) is 0 Å². The molecule has 122 valence electrons. The smallest absolute Gasteiger partial charge is 0.320 e. The van der Waals surface area contributed by atoms with E-state index in [4.69, 9.17) is 37.4 Å². The highest BCUT2D eigenvalue weighted by Crippen LogP contribution is 2.32. The number of hydrogen-bond donors (Lipinski definition) is 0. The highest BCUT2D eigenvalue weighted by Gasteiger charge is 2.23. The Balaban J connectivity index is 1.84. The van der Waals surface area contributed by atoms with Crippen molar-refractivity contribution in [3.8, 4) is 5.75 Å². The van der Waals surface area contributed by atoms with Crippen molar-refractivity contribution in [1.29, 1.82) is 0 Å². The van der Waals surface area contributed by atoms with Crippen LogP contribution in [0.5, 0.6) is 5.75 Å². The Morgan fingerprint density at radius 3 is 2.82 bits per heavy atom. The Labute approximate surface area is 140 Å². The maximum absolute atomic E-state index is 11.5. The molecule has 0 spiro atoms. The van der Waals surface area contributed by atoms with E-state index in [9.17, 15) is 4.79 Å². The predicted octanol–water partition coefficient (Wildman–Crippen LogP) is 2.64. The topological polar surface area (TPSA) is 48.0 Å². The first-order valence-electron chi connectivity index (χ1n) is 7.16. The molecule has 0 amide bonds. The second-order valence-electron chi connectivity index (χ2n) is 4.89. The summed E-state index contributed by atoms with van der Waals surface area (Å²) in [6.07, 6.45) is -0.143. The number of hydrogen-bond acceptors (Lipinski definition) is 5. The largest absolute Gasteiger partial charge is 0.488 e. The summed E-state index contributed by atoms with van der Waals surface area (Å²) in [6, 6.07) is 5.20. The van der Waals surface area contributed by atoms with Crippen LogP contribution in [-0.4, -0.2) is 56.4 Å². The van der Waals surface area contributed by atoms with E-state index in [0.29, 0.717) is 48.7 Å². The summed E-state index contributed by atoms with van der Waals surface area (Å²) >= 11 is 12.1. The Morgan fingerprint density at radius 1 is 1.41 bits per heavy atom. The number of carbonyl (C=O) groups is 1. The van der Waals surface area contributed by atoms with Crippen molar-refractivity contribution in [2.75, 3.05) is 39.5 Å². The van der Waals surface area contributed by atoms with E-state index in [1.165, 1.54) is 0 Å². The van der Waals surface area contributed by atoms with Crippen molar-refractivity contribution in [2.24, 2.45) is 0 Å². The number of nitrogens with zero attached hydrogens (tertiary/aromatic N) is 1. The minimum Gasteiger partial charge on any atom is -0.488 e. The van der Waals surface area contributed by atoms with Gasteiger partial charge in [-0.05, 0) is 19.1 Å². The standard InChI is InChI=1S/C15H19Cl2NO4/c1-2-20-14(19)9-18-6-7-21-11(8-18)10-22-15-12(16)4-3-5-13(15)17/h3-5,11H,2,6-10H2,1H3/t11-/m0/s1. The Kier molecular flexibility index (Phi) is 6.76. The summed E-state index contributed by atoms with van der Waals surface area (Å²) in [5, 5.41) is 0.929. The van der Waals surface area contributed by atoms with E-state index >= 15 is 0 Å². The lowest BCUT2D eigenvalue weighted by Gasteiger charge is -2.32. The molecule has 0 radical (unpaired) electrons. The molecule has 1 atom stereocenters. The highest BCUT2D eigenvalue weighted by molar-refractivity contribution is 6.37. The third kappa shape index (κ3) is 5.02. The van der Waals surface area contributed by atoms with Gasteiger partial charge in [-0.2, -0.15) is 0 Å². The molecule has 1 aliphatic heterocycles. The number of ether oxygens (including phenoxy) is 3. The Bertz CT molecular complexity index is 492. The third-order valence-corrected chi connectivity index (χ3v) is 3.81. The molecule has 1 fully saturated rings. The third-order valence-electron chi connectivity index (χ3n) is 3.21. The Hall–Kier alpha value is -1.01. The number of morpholine rings is 1. The van der Waals surface area contributed by atoms with E-state index < -0.39 is 0 Å². The molecule has 7 heteroatoms. The maximum Gasteiger partial charge on any atom is 0.320 e. The molecule has 0 N–H and O–H groups in total. The molecule has 22 heavy (non-hydrogen) atoms. The van der Waals surface area contributed by atoms with Gasteiger partial charge in [0, 0.05) is 13.1 Å². The summed E-state index contributed by atoms with van der Waals surface area (Å²) in [5.74, 6) is 0.232. The SMILES string of the molecule is CCOC(=O)CN1CCO[C@H](COc2c(Cl)cccc2Cl)C1. The lowest BCUT2D eigenvalue weighted by atomic mass is 10.3. The zero-order valence-electron chi connectivity index (χ0n) is 12.4. The van der Waals surface area contributed by atoms with E-state index in [-0.39, 0.29) is 18.6 Å². The summed E-state index contributed by atoms with van der Waals surface area (Å²) in [7, 11) is 0. The number of para-hydroxylation sites is 1. The minimum absolute atomic E-state index is 0.143. The molecule has 5 nitrogen and oxygen atoms in total. The monoisotopic (exact) mass is 347 g/mol. The van der Waals surface area contributed by atoms with E-state index in [0.717, 1.165) is 0 Å². The second-order valence-corrected chi connectivity index (χ2v) is 5.71. The summed E-state index contributed by atoms with van der Waals surface area (Å²) in [6.45, 7) is 4.61. The van der Waals surface area contributed by atoms with E-state index in [1.807, 2.05) is 4.90 Å². The summed E-state index contributed by atoms with van der Waals surface area (Å²) in [5.41, 5.74) is 0. The number of rotatable bonds is 6. The molecule has 1 aromatic carbocycles. The van der Waals surface area contributed by atoms with Gasteiger partial charge in [-0.3, -0.25) is 9.69 Å². The molecule has 0 unspecified atom stereocenters. The van der Waals surface area contributed by atoms with Crippen molar-refractivity contribution < 1.29 is 19.0 Å². The molecule has 0 aliphatic carbocycles. The molecule has 1 heterocycles. The lowest BCUT2D eigenvalue weighted by Crippen LogP contribution is -2.47. The zero-order chi connectivity index (χ0) is 15.9. The predicted molar refractivity (Wildman–Crippen MR) is 84.8 cm³/mol. The van der Waals surface area contributed by atoms with Crippen molar-refractivity contribution in [1.82, 2.24) is 4.90 Å². The van der Waals surface area contributed by atoms with Gasteiger partial charge in [0.05, 0.1) is 29.8 Å². The van der Waals surface area contributed by atoms with Crippen LogP contribution < -0.4 is 4.74 Å². The van der Waals surface area contributed by atoms with Gasteiger partial charge in [0.15, 0.2) is 5.75 Å². The number of benzene rings is 1. The normalized spacial score (nSPS) is 19.0. The summed E-state index contributed by atoms with van der Waals surface area (Å²) < 4.78 is 16.3. The first kappa shape index (κ1) is 17.3. The molecular formula is C15H19Cl2NO4. The van der Waals surface area contributed by atoms with Gasteiger partial charge >= 0.3 is 5.97 Å². The van der Waals surface area contributed by atoms with Crippen LogP contribution in [0.3, 0.4) is 0 Å². The van der Waals surface area contributed by atoms with E-state index in [1.54, 1.807) is 25.1 Å². The molecular weight excluding hydrogens is 329 g/mol. The van der Waals surface area contributed by atoms with Gasteiger partial charge in [0.2, 0.25) is 0 Å². The van der Waals surface area contributed by atoms with Crippen LogP contribution in [-0.2, 0) is 14.3 Å². The van der Waals surface area contributed by atoms with Gasteiger partial charge in [-0.15, -0.1) is 0 Å². The fourth-order valence-corrected chi connectivity index (χ4v) is 2.72. The van der Waals surface area contributed by atoms with Gasteiger partial charge in [-0.1, -0.05) is 29.3 Å². The van der Waals surface area contributed by atoms with Crippen molar-refractivity contribution >= 4 is 29.2 Å². The number of esters is 1. The van der Waals surface area contributed by atoms with Crippen molar-refractivity contribution in [3.63, 3.8) is 0 Å². The van der Waals surface area contributed by atoms with Crippen molar-refractivity contribution in [2.45, 2.75) is 13.0 Å². The molecule has 0 saturated carbocycles. The van der Waals surface area contributed by atoms with Crippen LogP contribution >= 0.6 is 23.2 Å². The average molecular weight is 348 g/mol. The fraction of sp³-hybridized carbons (Fsp3) is 0.533. The van der Waals surface area contributed by atoms with Crippen LogP contribution in [0, 0.1) is 0 Å². The van der Waals surface area contributed by atoms with E-state index in [2.05, 4.69) is 0 Å². The molecule has 1 aliphatic rings. The first-order valence-corrected chi connectivity index (χ1v) is 7.92. The van der Waals surface area contributed by atoms with Crippen LogP contribution in [0.4, 0.5) is 0 Å².